The summed E-state index contributed by atoms with van der Waals surface area (Å²) in [5.41, 5.74) is 5.72. The Bertz CT molecular complexity index is 702. The molecule has 1 N–H and O–H groups in total. The van der Waals surface area contributed by atoms with Gasteiger partial charge in [-0.1, -0.05) is 24.6 Å². The predicted molar refractivity (Wildman–Crippen MR) is 117 cm³/mol. The molecule has 2 atom stereocenters. The van der Waals surface area contributed by atoms with Gasteiger partial charge in [0.25, 0.3) is 0 Å². The number of rotatable bonds is 6. The van der Waals surface area contributed by atoms with E-state index in [1.807, 2.05) is 0 Å². The van der Waals surface area contributed by atoms with Crippen molar-refractivity contribution in [3.63, 3.8) is 0 Å². The maximum Gasteiger partial charge on any atom is 0.0559 e. The SMILES string of the molecule is CCN1CCN(Cc2cc(C)cc(CN3C[C@@H]4CCOC[C@]4(CO)C3)c2C)CC1. The van der Waals surface area contributed by atoms with Gasteiger partial charge < -0.3 is 14.7 Å². The Morgan fingerprint density at radius 3 is 2.31 bits per heavy atom. The molecule has 3 aliphatic rings. The summed E-state index contributed by atoms with van der Waals surface area (Å²) in [7, 11) is 0. The van der Waals surface area contributed by atoms with Gasteiger partial charge in [0, 0.05) is 64.4 Å². The Morgan fingerprint density at radius 2 is 1.69 bits per heavy atom. The van der Waals surface area contributed by atoms with Crippen LogP contribution >= 0.6 is 0 Å². The highest BCUT2D eigenvalue weighted by atomic mass is 16.5. The van der Waals surface area contributed by atoms with Crippen molar-refractivity contribution in [2.24, 2.45) is 11.3 Å². The van der Waals surface area contributed by atoms with Crippen LogP contribution in [0.3, 0.4) is 0 Å². The van der Waals surface area contributed by atoms with E-state index in [-0.39, 0.29) is 12.0 Å². The van der Waals surface area contributed by atoms with E-state index in [1.165, 1.54) is 55.0 Å². The molecular formula is C24H39N3O2. The average molecular weight is 402 g/mol. The molecule has 5 heteroatoms. The van der Waals surface area contributed by atoms with Gasteiger partial charge in [0.1, 0.15) is 0 Å². The van der Waals surface area contributed by atoms with Gasteiger partial charge in [-0.15, -0.1) is 0 Å². The summed E-state index contributed by atoms with van der Waals surface area (Å²) in [6, 6.07) is 4.76. The minimum Gasteiger partial charge on any atom is -0.396 e. The smallest absolute Gasteiger partial charge is 0.0559 e. The molecule has 1 aromatic carbocycles. The van der Waals surface area contributed by atoms with E-state index in [2.05, 4.69) is 47.6 Å². The second kappa shape index (κ2) is 9.03. The Balaban J connectivity index is 1.45. The van der Waals surface area contributed by atoms with Gasteiger partial charge in [-0.3, -0.25) is 9.80 Å². The second-order valence-corrected chi connectivity index (χ2v) is 9.65. The summed E-state index contributed by atoms with van der Waals surface area (Å²) in [4.78, 5) is 7.71. The van der Waals surface area contributed by atoms with Crippen molar-refractivity contribution in [3.8, 4) is 0 Å². The fourth-order valence-corrected chi connectivity index (χ4v) is 5.64. The summed E-state index contributed by atoms with van der Waals surface area (Å²) in [5.74, 6) is 0.570. The molecule has 0 radical (unpaired) electrons. The van der Waals surface area contributed by atoms with Crippen LogP contribution in [0.4, 0.5) is 0 Å². The minimum atomic E-state index is -0.0439. The first kappa shape index (κ1) is 21.3. The zero-order valence-corrected chi connectivity index (χ0v) is 18.6. The normalized spacial score (nSPS) is 29.3. The first-order valence-corrected chi connectivity index (χ1v) is 11.5. The van der Waals surface area contributed by atoms with Gasteiger partial charge >= 0.3 is 0 Å². The summed E-state index contributed by atoms with van der Waals surface area (Å²) < 4.78 is 5.74. The number of likely N-dealkylation sites (N-methyl/N-ethyl adjacent to an activating group) is 1. The van der Waals surface area contributed by atoms with Crippen LogP contribution in [0.25, 0.3) is 0 Å². The fraction of sp³-hybridized carbons (Fsp3) is 0.750. The fourth-order valence-electron chi connectivity index (χ4n) is 5.64. The number of aliphatic hydroxyl groups is 1. The molecule has 1 aromatic rings. The van der Waals surface area contributed by atoms with Crippen LogP contribution in [0.5, 0.6) is 0 Å². The van der Waals surface area contributed by atoms with Crippen LogP contribution in [0, 0.1) is 25.2 Å². The number of hydrogen-bond donors (Lipinski definition) is 1. The lowest BCUT2D eigenvalue weighted by atomic mass is 9.76. The molecule has 0 aliphatic carbocycles. The largest absolute Gasteiger partial charge is 0.396 e. The van der Waals surface area contributed by atoms with Gasteiger partial charge in [0.15, 0.2) is 0 Å². The van der Waals surface area contributed by atoms with Crippen molar-refractivity contribution in [1.29, 1.82) is 0 Å². The van der Waals surface area contributed by atoms with Crippen molar-refractivity contribution < 1.29 is 9.84 Å². The quantitative estimate of drug-likeness (QED) is 0.792. The molecule has 29 heavy (non-hydrogen) atoms. The predicted octanol–water partition coefficient (Wildman–Crippen LogP) is 2.27. The number of nitrogens with zero attached hydrogens (tertiary/aromatic N) is 3. The average Bonchev–Trinajstić information content (AvgIpc) is 3.10. The van der Waals surface area contributed by atoms with Crippen LogP contribution in [-0.2, 0) is 17.8 Å². The first-order chi connectivity index (χ1) is 14.0. The maximum absolute atomic E-state index is 10.1. The molecule has 0 unspecified atom stereocenters. The molecule has 0 spiro atoms. The summed E-state index contributed by atoms with van der Waals surface area (Å²) in [6.45, 7) is 18.6. The lowest BCUT2D eigenvalue weighted by Gasteiger charge is -2.36. The molecular weight excluding hydrogens is 362 g/mol. The van der Waals surface area contributed by atoms with Crippen molar-refractivity contribution in [1.82, 2.24) is 14.7 Å². The monoisotopic (exact) mass is 401 g/mol. The summed E-state index contributed by atoms with van der Waals surface area (Å²) in [6.07, 6.45) is 1.08. The maximum atomic E-state index is 10.1. The minimum absolute atomic E-state index is 0.0439. The van der Waals surface area contributed by atoms with Gasteiger partial charge in [-0.25, -0.2) is 0 Å². The second-order valence-electron chi connectivity index (χ2n) is 9.65. The number of ether oxygens (including phenoxy) is 1. The summed E-state index contributed by atoms with van der Waals surface area (Å²) in [5, 5.41) is 10.1. The Labute approximate surface area is 176 Å². The molecule has 3 fully saturated rings. The van der Waals surface area contributed by atoms with Crippen LogP contribution in [0.1, 0.15) is 35.6 Å². The Morgan fingerprint density at radius 1 is 1.03 bits per heavy atom. The van der Waals surface area contributed by atoms with Crippen LogP contribution in [0.2, 0.25) is 0 Å². The molecule has 0 saturated carbocycles. The molecule has 162 valence electrons. The van der Waals surface area contributed by atoms with E-state index in [0.717, 1.165) is 39.2 Å². The highest BCUT2D eigenvalue weighted by Crippen LogP contribution is 2.41. The van der Waals surface area contributed by atoms with Gasteiger partial charge in [0.2, 0.25) is 0 Å². The van der Waals surface area contributed by atoms with E-state index >= 15 is 0 Å². The van der Waals surface area contributed by atoms with Crippen LogP contribution < -0.4 is 0 Å². The van der Waals surface area contributed by atoms with Crippen molar-refractivity contribution in [2.75, 3.05) is 65.6 Å². The van der Waals surface area contributed by atoms with E-state index in [9.17, 15) is 5.11 Å². The molecule has 4 rings (SSSR count). The third-order valence-corrected chi connectivity index (χ3v) is 7.67. The third-order valence-electron chi connectivity index (χ3n) is 7.67. The molecule has 3 saturated heterocycles. The van der Waals surface area contributed by atoms with Gasteiger partial charge in [-0.05, 0) is 49.4 Å². The van der Waals surface area contributed by atoms with E-state index in [0.29, 0.717) is 12.5 Å². The zero-order valence-electron chi connectivity index (χ0n) is 18.6. The number of aliphatic hydroxyl groups excluding tert-OH is 1. The summed E-state index contributed by atoms with van der Waals surface area (Å²) >= 11 is 0. The van der Waals surface area contributed by atoms with Crippen molar-refractivity contribution >= 4 is 0 Å². The van der Waals surface area contributed by atoms with Crippen molar-refractivity contribution in [2.45, 2.75) is 40.3 Å². The molecule has 3 aliphatic heterocycles. The van der Waals surface area contributed by atoms with Crippen LogP contribution in [-0.4, -0.2) is 85.4 Å². The lowest BCUT2D eigenvalue weighted by molar-refractivity contribution is -0.0561. The number of piperazine rings is 1. The first-order valence-electron chi connectivity index (χ1n) is 11.5. The lowest BCUT2D eigenvalue weighted by Crippen LogP contribution is -2.45. The van der Waals surface area contributed by atoms with Crippen LogP contribution in [0.15, 0.2) is 12.1 Å². The highest BCUT2D eigenvalue weighted by molar-refractivity contribution is 5.38. The van der Waals surface area contributed by atoms with E-state index in [1.54, 1.807) is 0 Å². The molecule has 0 bridgehead atoms. The number of benzene rings is 1. The van der Waals surface area contributed by atoms with Gasteiger partial charge in [0.05, 0.1) is 13.2 Å². The van der Waals surface area contributed by atoms with E-state index < -0.39 is 0 Å². The molecule has 0 aromatic heterocycles. The van der Waals surface area contributed by atoms with Gasteiger partial charge in [-0.2, -0.15) is 0 Å². The number of hydrogen-bond acceptors (Lipinski definition) is 5. The highest BCUT2D eigenvalue weighted by Gasteiger charge is 2.48. The molecule has 5 nitrogen and oxygen atoms in total. The van der Waals surface area contributed by atoms with E-state index in [4.69, 9.17) is 4.74 Å². The Kier molecular flexibility index (Phi) is 6.62. The number of fused-ring (bicyclic) bond motifs is 1. The molecule has 3 heterocycles. The zero-order chi connectivity index (χ0) is 20.4. The Hall–Kier alpha value is -0.980. The number of likely N-dealkylation sites (tertiary alicyclic amines) is 1. The molecule has 0 amide bonds. The topological polar surface area (TPSA) is 39.2 Å². The third kappa shape index (κ3) is 4.54. The van der Waals surface area contributed by atoms with Crippen molar-refractivity contribution in [3.05, 3.63) is 34.4 Å². The number of aryl methyl sites for hydroxylation is 1. The standard InChI is InChI=1S/C24H39N3O2/c1-4-25-6-8-26(9-7-25)13-21-11-19(2)12-22(20(21)3)14-27-15-23-5-10-29-18-24(23,16-27)17-28/h11-12,23,28H,4-10,13-18H2,1-3H3/t23-,24+/m0/s1.